The van der Waals surface area contributed by atoms with Crippen LogP contribution in [0, 0.1) is 5.92 Å². The fourth-order valence-electron chi connectivity index (χ4n) is 2.98. The third-order valence-electron chi connectivity index (χ3n) is 4.12. The first kappa shape index (κ1) is 11.7. The summed E-state index contributed by atoms with van der Waals surface area (Å²) in [5.41, 5.74) is 1.90. The molecule has 0 heterocycles. The summed E-state index contributed by atoms with van der Waals surface area (Å²) in [7, 11) is 0. The fraction of sp³-hybridized carbons (Fsp3) is 0.600. The van der Waals surface area contributed by atoms with Crippen LogP contribution in [0.5, 0.6) is 0 Å². The van der Waals surface area contributed by atoms with Crippen molar-refractivity contribution in [2.45, 2.75) is 51.6 Å². The van der Waals surface area contributed by atoms with E-state index in [1.807, 2.05) is 6.07 Å². The van der Waals surface area contributed by atoms with Gasteiger partial charge in [-0.1, -0.05) is 51.0 Å². The Morgan fingerprint density at radius 2 is 2.06 bits per heavy atom. The van der Waals surface area contributed by atoms with Crippen molar-refractivity contribution < 1.29 is 5.11 Å². The number of rotatable bonds is 2. The van der Waals surface area contributed by atoms with Gasteiger partial charge in [-0.25, -0.2) is 0 Å². The molecule has 0 spiro atoms. The minimum Gasteiger partial charge on any atom is -0.385 e. The van der Waals surface area contributed by atoms with E-state index in [0.29, 0.717) is 5.92 Å². The first-order chi connectivity index (χ1) is 7.68. The van der Waals surface area contributed by atoms with E-state index in [1.165, 1.54) is 17.5 Å². The average Bonchev–Trinajstić information content (AvgIpc) is 2.33. The van der Waals surface area contributed by atoms with E-state index in [1.54, 1.807) is 0 Å². The topological polar surface area (TPSA) is 20.2 Å². The average molecular weight is 218 g/mol. The van der Waals surface area contributed by atoms with Crippen LogP contribution < -0.4 is 0 Å². The number of hydrogen-bond donors (Lipinski definition) is 1. The van der Waals surface area contributed by atoms with Crippen LogP contribution in [-0.2, 0) is 12.0 Å². The molecule has 0 bridgehead atoms. The first-order valence-corrected chi connectivity index (χ1v) is 6.49. The zero-order valence-electron chi connectivity index (χ0n) is 10.4. The van der Waals surface area contributed by atoms with Crippen LogP contribution in [0.25, 0.3) is 0 Å². The lowest BCUT2D eigenvalue weighted by Gasteiger charge is -2.39. The molecular weight excluding hydrogens is 196 g/mol. The van der Waals surface area contributed by atoms with E-state index in [9.17, 15) is 5.11 Å². The highest BCUT2D eigenvalue weighted by atomic mass is 16.3. The smallest absolute Gasteiger partial charge is 0.0924 e. The van der Waals surface area contributed by atoms with Crippen molar-refractivity contribution >= 4 is 0 Å². The molecule has 1 heteroatoms. The van der Waals surface area contributed by atoms with Crippen LogP contribution in [0.15, 0.2) is 24.3 Å². The maximum atomic E-state index is 10.9. The van der Waals surface area contributed by atoms with Gasteiger partial charge in [-0.15, -0.1) is 0 Å². The minimum atomic E-state index is -0.579. The Morgan fingerprint density at radius 3 is 2.75 bits per heavy atom. The maximum Gasteiger partial charge on any atom is 0.0924 e. The minimum absolute atomic E-state index is 0.383. The summed E-state index contributed by atoms with van der Waals surface area (Å²) in [5, 5.41) is 10.9. The molecule has 1 aliphatic carbocycles. The number of hydrogen-bond acceptors (Lipinski definition) is 1. The number of benzene rings is 1. The van der Waals surface area contributed by atoms with Crippen LogP contribution >= 0.6 is 0 Å². The maximum absolute atomic E-state index is 10.9. The molecular formula is C15H22O. The lowest BCUT2D eigenvalue weighted by Crippen LogP contribution is -2.37. The van der Waals surface area contributed by atoms with Crippen LogP contribution in [0.4, 0.5) is 0 Å². The van der Waals surface area contributed by atoms with Crippen molar-refractivity contribution in [2.24, 2.45) is 5.92 Å². The molecule has 0 aliphatic heterocycles. The highest BCUT2D eigenvalue weighted by Crippen LogP contribution is 2.42. The lowest BCUT2D eigenvalue weighted by molar-refractivity contribution is -0.0476. The molecule has 0 radical (unpaired) electrons. The second-order valence-corrected chi connectivity index (χ2v) is 5.08. The summed E-state index contributed by atoms with van der Waals surface area (Å²) in [4.78, 5) is 0. The van der Waals surface area contributed by atoms with Crippen LogP contribution in [0.3, 0.4) is 0 Å². The molecule has 2 atom stereocenters. The lowest BCUT2D eigenvalue weighted by atomic mass is 9.71. The predicted molar refractivity (Wildman–Crippen MR) is 67.3 cm³/mol. The predicted octanol–water partition coefficient (Wildman–Crippen LogP) is 3.65. The summed E-state index contributed by atoms with van der Waals surface area (Å²) >= 11 is 0. The molecule has 1 nitrogen and oxygen atoms in total. The van der Waals surface area contributed by atoms with Gasteiger partial charge in [-0.05, 0) is 36.3 Å². The molecule has 1 aliphatic rings. The highest BCUT2D eigenvalue weighted by Gasteiger charge is 2.38. The van der Waals surface area contributed by atoms with Gasteiger partial charge in [0.05, 0.1) is 5.60 Å². The Kier molecular flexibility index (Phi) is 3.34. The van der Waals surface area contributed by atoms with Gasteiger partial charge in [0.15, 0.2) is 0 Å². The Hall–Kier alpha value is -0.820. The molecule has 88 valence electrons. The zero-order chi connectivity index (χ0) is 11.6. The second-order valence-electron chi connectivity index (χ2n) is 5.08. The standard InChI is InChI=1S/C15H22O/c1-3-13-9-4-5-10-14(13)15(16)11-7-6-8-12(15)2/h4-5,9-10,12,16H,3,6-8,11H2,1-2H3. The summed E-state index contributed by atoms with van der Waals surface area (Å²) in [6, 6.07) is 8.38. The van der Waals surface area contributed by atoms with E-state index >= 15 is 0 Å². The number of aliphatic hydroxyl groups is 1. The Bertz CT molecular complexity index is 358. The third kappa shape index (κ3) is 1.89. The molecule has 1 saturated carbocycles. The van der Waals surface area contributed by atoms with E-state index in [4.69, 9.17) is 0 Å². The molecule has 2 unspecified atom stereocenters. The molecule has 0 saturated heterocycles. The Balaban J connectivity index is 2.40. The van der Waals surface area contributed by atoms with Gasteiger partial charge >= 0.3 is 0 Å². The monoisotopic (exact) mass is 218 g/mol. The fourth-order valence-corrected chi connectivity index (χ4v) is 2.98. The van der Waals surface area contributed by atoms with E-state index in [0.717, 1.165) is 25.7 Å². The van der Waals surface area contributed by atoms with Gasteiger partial charge in [-0.2, -0.15) is 0 Å². The van der Waals surface area contributed by atoms with Gasteiger partial charge in [0, 0.05) is 0 Å². The van der Waals surface area contributed by atoms with Gasteiger partial charge in [0.25, 0.3) is 0 Å². The summed E-state index contributed by atoms with van der Waals surface area (Å²) < 4.78 is 0. The summed E-state index contributed by atoms with van der Waals surface area (Å²) in [6.45, 7) is 4.35. The highest BCUT2D eigenvalue weighted by molar-refractivity contribution is 5.33. The van der Waals surface area contributed by atoms with Crippen LogP contribution in [-0.4, -0.2) is 5.11 Å². The van der Waals surface area contributed by atoms with Crippen molar-refractivity contribution in [1.29, 1.82) is 0 Å². The number of aryl methyl sites for hydroxylation is 1. The molecule has 16 heavy (non-hydrogen) atoms. The van der Waals surface area contributed by atoms with Crippen molar-refractivity contribution in [3.05, 3.63) is 35.4 Å². The Morgan fingerprint density at radius 1 is 1.31 bits per heavy atom. The van der Waals surface area contributed by atoms with Gasteiger partial charge < -0.3 is 5.11 Å². The first-order valence-electron chi connectivity index (χ1n) is 6.49. The summed E-state index contributed by atoms with van der Waals surface area (Å²) in [6.07, 6.45) is 5.49. The van der Waals surface area contributed by atoms with Crippen molar-refractivity contribution in [3.8, 4) is 0 Å². The van der Waals surface area contributed by atoms with Gasteiger partial charge in [0.1, 0.15) is 0 Å². The zero-order valence-corrected chi connectivity index (χ0v) is 10.4. The van der Waals surface area contributed by atoms with Crippen molar-refractivity contribution in [2.75, 3.05) is 0 Å². The second kappa shape index (κ2) is 4.58. The van der Waals surface area contributed by atoms with E-state index in [2.05, 4.69) is 32.0 Å². The van der Waals surface area contributed by atoms with E-state index in [-0.39, 0.29) is 0 Å². The van der Waals surface area contributed by atoms with E-state index < -0.39 is 5.60 Å². The van der Waals surface area contributed by atoms with Crippen LogP contribution in [0.2, 0.25) is 0 Å². The van der Waals surface area contributed by atoms with Gasteiger partial charge in [0.2, 0.25) is 0 Å². The molecule has 1 aromatic rings. The largest absolute Gasteiger partial charge is 0.385 e. The molecule has 1 aromatic carbocycles. The Labute approximate surface area is 98.5 Å². The molecule has 1 N–H and O–H groups in total. The van der Waals surface area contributed by atoms with Crippen molar-refractivity contribution in [3.63, 3.8) is 0 Å². The van der Waals surface area contributed by atoms with Crippen LogP contribution in [0.1, 0.15) is 50.7 Å². The van der Waals surface area contributed by atoms with Crippen molar-refractivity contribution in [1.82, 2.24) is 0 Å². The summed E-state index contributed by atoms with van der Waals surface area (Å²) in [5.74, 6) is 0.383. The SMILES string of the molecule is CCc1ccccc1C1(O)CCCCC1C. The molecule has 1 fully saturated rings. The molecule has 0 amide bonds. The molecule has 2 rings (SSSR count). The third-order valence-corrected chi connectivity index (χ3v) is 4.12. The molecule has 0 aromatic heterocycles. The normalized spacial score (nSPS) is 30.3. The quantitative estimate of drug-likeness (QED) is 0.803. The van der Waals surface area contributed by atoms with Gasteiger partial charge in [-0.3, -0.25) is 0 Å².